The standard InChI is InChI=1S/C19H25N5O/c1-12-18(13(2)22(3)20-12)16-9-17(23(4)21-16)19(25)24-10-14-7-5-6-8-15(14)11-24/h5-6,9,14-15H,7-8,10-11H2,1-4H3. The first-order chi connectivity index (χ1) is 12.0. The number of hydrogen-bond acceptors (Lipinski definition) is 3. The second kappa shape index (κ2) is 5.86. The van der Waals surface area contributed by atoms with Crippen molar-refractivity contribution in [1.29, 1.82) is 0 Å². The van der Waals surface area contributed by atoms with E-state index in [-0.39, 0.29) is 5.91 Å². The van der Waals surface area contributed by atoms with Crippen LogP contribution in [0.25, 0.3) is 11.3 Å². The van der Waals surface area contributed by atoms with Crippen LogP contribution in [0, 0.1) is 25.7 Å². The molecule has 0 aromatic carbocycles. The Hall–Kier alpha value is -2.37. The zero-order chi connectivity index (χ0) is 17.7. The fourth-order valence-electron chi connectivity index (χ4n) is 4.28. The number of amides is 1. The molecule has 2 aromatic rings. The molecule has 1 amide bonds. The van der Waals surface area contributed by atoms with Crippen molar-refractivity contribution in [2.45, 2.75) is 26.7 Å². The van der Waals surface area contributed by atoms with Gasteiger partial charge in [-0.3, -0.25) is 14.2 Å². The largest absolute Gasteiger partial charge is 0.337 e. The average Bonchev–Trinajstić information content (AvgIpc) is 3.23. The second-order valence-corrected chi connectivity index (χ2v) is 7.38. The van der Waals surface area contributed by atoms with Gasteiger partial charge in [-0.2, -0.15) is 10.2 Å². The highest BCUT2D eigenvalue weighted by Gasteiger charge is 2.36. The second-order valence-electron chi connectivity index (χ2n) is 7.38. The molecule has 1 fully saturated rings. The lowest BCUT2D eigenvalue weighted by molar-refractivity contribution is 0.0773. The molecule has 1 saturated heterocycles. The van der Waals surface area contributed by atoms with Gasteiger partial charge in [0.2, 0.25) is 0 Å². The molecule has 4 rings (SSSR count). The Morgan fingerprint density at radius 3 is 2.24 bits per heavy atom. The first-order valence-corrected chi connectivity index (χ1v) is 8.94. The summed E-state index contributed by atoms with van der Waals surface area (Å²) in [5.41, 5.74) is 4.51. The van der Waals surface area contributed by atoms with E-state index in [1.165, 1.54) is 0 Å². The third-order valence-electron chi connectivity index (χ3n) is 5.77. The molecule has 2 atom stereocenters. The molecule has 132 valence electrons. The Balaban J connectivity index is 1.61. The number of fused-ring (bicyclic) bond motifs is 1. The summed E-state index contributed by atoms with van der Waals surface area (Å²) in [7, 11) is 3.78. The van der Waals surface area contributed by atoms with Crippen LogP contribution in [-0.4, -0.2) is 43.5 Å². The number of hydrogen-bond donors (Lipinski definition) is 0. The van der Waals surface area contributed by atoms with Crippen molar-refractivity contribution in [2.24, 2.45) is 25.9 Å². The SMILES string of the molecule is Cc1nn(C)c(C)c1-c1cc(C(=O)N2CC3CC=CCC3C2)n(C)n1. The van der Waals surface area contributed by atoms with Crippen LogP contribution < -0.4 is 0 Å². The molecule has 0 N–H and O–H groups in total. The lowest BCUT2D eigenvalue weighted by atomic mass is 9.86. The van der Waals surface area contributed by atoms with E-state index in [4.69, 9.17) is 0 Å². The molecule has 0 radical (unpaired) electrons. The Kier molecular flexibility index (Phi) is 3.78. The van der Waals surface area contributed by atoms with Crippen molar-refractivity contribution in [1.82, 2.24) is 24.5 Å². The van der Waals surface area contributed by atoms with Gasteiger partial charge in [0.25, 0.3) is 5.91 Å². The first kappa shape index (κ1) is 16.1. The number of carbonyl (C=O) groups excluding carboxylic acids is 1. The van der Waals surface area contributed by atoms with E-state index in [0.717, 1.165) is 48.6 Å². The number of likely N-dealkylation sites (tertiary alicyclic amines) is 1. The van der Waals surface area contributed by atoms with Crippen LogP contribution in [0.5, 0.6) is 0 Å². The fraction of sp³-hybridized carbons (Fsp3) is 0.526. The lowest BCUT2D eigenvalue weighted by Gasteiger charge is -2.17. The Bertz CT molecular complexity index is 844. The van der Waals surface area contributed by atoms with E-state index in [9.17, 15) is 4.79 Å². The van der Waals surface area contributed by atoms with Gasteiger partial charge in [0.15, 0.2) is 0 Å². The summed E-state index contributed by atoms with van der Waals surface area (Å²) in [6.07, 6.45) is 6.70. The van der Waals surface area contributed by atoms with Crippen molar-refractivity contribution < 1.29 is 4.79 Å². The highest BCUT2D eigenvalue weighted by atomic mass is 16.2. The molecule has 2 aliphatic rings. The van der Waals surface area contributed by atoms with Crippen LogP contribution in [0.2, 0.25) is 0 Å². The van der Waals surface area contributed by atoms with Crippen molar-refractivity contribution in [3.8, 4) is 11.3 Å². The number of rotatable bonds is 2. The molecule has 0 saturated carbocycles. The summed E-state index contributed by atoms with van der Waals surface area (Å²) in [6, 6.07) is 1.92. The summed E-state index contributed by atoms with van der Waals surface area (Å²) in [5.74, 6) is 1.32. The van der Waals surface area contributed by atoms with E-state index in [1.54, 1.807) is 4.68 Å². The van der Waals surface area contributed by atoms with E-state index < -0.39 is 0 Å². The molecule has 0 spiro atoms. The predicted octanol–water partition coefficient (Wildman–Crippen LogP) is 2.48. The monoisotopic (exact) mass is 339 g/mol. The van der Waals surface area contributed by atoms with E-state index in [0.29, 0.717) is 17.5 Å². The van der Waals surface area contributed by atoms with Gasteiger partial charge in [0.05, 0.1) is 11.4 Å². The fourth-order valence-corrected chi connectivity index (χ4v) is 4.28. The summed E-state index contributed by atoms with van der Waals surface area (Å²) in [5, 5.41) is 9.06. The third kappa shape index (κ3) is 2.60. The molecule has 25 heavy (non-hydrogen) atoms. The van der Waals surface area contributed by atoms with Crippen molar-refractivity contribution in [3.63, 3.8) is 0 Å². The van der Waals surface area contributed by atoms with Gasteiger partial charge in [-0.1, -0.05) is 12.2 Å². The highest BCUT2D eigenvalue weighted by molar-refractivity contribution is 5.94. The number of nitrogens with zero attached hydrogens (tertiary/aromatic N) is 5. The van der Waals surface area contributed by atoms with Gasteiger partial charge in [-0.05, 0) is 44.6 Å². The zero-order valence-electron chi connectivity index (χ0n) is 15.4. The van der Waals surface area contributed by atoms with Crippen LogP contribution in [0.15, 0.2) is 18.2 Å². The van der Waals surface area contributed by atoms with Crippen molar-refractivity contribution >= 4 is 5.91 Å². The van der Waals surface area contributed by atoms with Crippen LogP contribution in [-0.2, 0) is 14.1 Å². The predicted molar refractivity (Wildman–Crippen MR) is 96.1 cm³/mol. The molecule has 6 heteroatoms. The minimum Gasteiger partial charge on any atom is -0.337 e. The van der Waals surface area contributed by atoms with Gasteiger partial charge in [-0.25, -0.2) is 0 Å². The van der Waals surface area contributed by atoms with E-state index in [1.807, 2.05) is 43.6 Å². The maximum absolute atomic E-state index is 13.1. The topological polar surface area (TPSA) is 56.0 Å². The quantitative estimate of drug-likeness (QED) is 0.790. The van der Waals surface area contributed by atoms with Gasteiger partial charge < -0.3 is 4.90 Å². The summed E-state index contributed by atoms with van der Waals surface area (Å²) >= 11 is 0. The minimum absolute atomic E-state index is 0.0925. The molecular weight excluding hydrogens is 314 g/mol. The van der Waals surface area contributed by atoms with Crippen LogP contribution in [0.4, 0.5) is 0 Å². The summed E-state index contributed by atoms with van der Waals surface area (Å²) in [4.78, 5) is 15.1. The maximum atomic E-state index is 13.1. The third-order valence-corrected chi connectivity index (χ3v) is 5.77. The normalized spacial score (nSPS) is 22.5. The molecule has 6 nitrogen and oxygen atoms in total. The summed E-state index contributed by atoms with van der Waals surface area (Å²) in [6.45, 7) is 5.74. The van der Waals surface area contributed by atoms with Crippen LogP contribution >= 0.6 is 0 Å². The van der Waals surface area contributed by atoms with Crippen molar-refractivity contribution in [3.05, 3.63) is 35.3 Å². The Morgan fingerprint density at radius 1 is 1.04 bits per heavy atom. The van der Waals surface area contributed by atoms with Crippen LogP contribution in [0.3, 0.4) is 0 Å². The number of aromatic nitrogens is 4. The Morgan fingerprint density at radius 2 is 1.68 bits per heavy atom. The van der Waals surface area contributed by atoms with E-state index >= 15 is 0 Å². The zero-order valence-corrected chi connectivity index (χ0v) is 15.4. The van der Waals surface area contributed by atoms with Crippen molar-refractivity contribution in [2.75, 3.05) is 13.1 Å². The summed E-state index contributed by atoms with van der Waals surface area (Å²) < 4.78 is 3.57. The maximum Gasteiger partial charge on any atom is 0.272 e. The average molecular weight is 339 g/mol. The minimum atomic E-state index is 0.0925. The van der Waals surface area contributed by atoms with E-state index in [2.05, 4.69) is 22.3 Å². The molecule has 3 heterocycles. The first-order valence-electron chi connectivity index (χ1n) is 8.94. The van der Waals surface area contributed by atoms with Gasteiger partial charge in [-0.15, -0.1) is 0 Å². The van der Waals surface area contributed by atoms with Gasteiger partial charge >= 0.3 is 0 Å². The van der Waals surface area contributed by atoms with Gasteiger partial charge in [0, 0.05) is 38.4 Å². The lowest BCUT2D eigenvalue weighted by Crippen LogP contribution is -2.30. The molecular formula is C19H25N5O. The number of allylic oxidation sites excluding steroid dienone is 2. The molecule has 1 aliphatic heterocycles. The van der Waals surface area contributed by atoms with Gasteiger partial charge in [0.1, 0.15) is 5.69 Å². The molecule has 0 bridgehead atoms. The molecule has 1 aliphatic carbocycles. The number of carbonyl (C=O) groups is 1. The smallest absolute Gasteiger partial charge is 0.272 e. The highest BCUT2D eigenvalue weighted by Crippen LogP contribution is 2.34. The molecule has 2 aromatic heterocycles. The molecule has 2 unspecified atom stereocenters. The van der Waals surface area contributed by atoms with Crippen LogP contribution in [0.1, 0.15) is 34.7 Å². The number of aryl methyl sites for hydroxylation is 3. The Labute approximate surface area is 148 Å².